The molecule has 1 atom stereocenters. The van der Waals surface area contributed by atoms with Crippen LogP contribution in [0.3, 0.4) is 0 Å². The number of unbranched alkanes of at least 4 members (excludes halogenated alkanes) is 1. The van der Waals surface area contributed by atoms with Crippen molar-refractivity contribution in [3.8, 4) is 0 Å². The lowest BCUT2D eigenvalue weighted by Crippen LogP contribution is -2.40. The molecule has 0 aliphatic rings. The van der Waals surface area contributed by atoms with E-state index >= 15 is 0 Å². The Balaban J connectivity index is 0. The van der Waals surface area contributed by atoms with Crippen LogP contribution in [0.15, 0.2) is 0 Å². The SMILES string of the molecule is CC.CCCCC(CO)NC(=O)OC(C)(C)C. The highest BCUT2D eigenvalue weighted by Gasteiger charge is 2.18. The van der Waals surface area contributed by atoms with E-state index in [1.165, 1.54) is 0 Å². The van der Waals surface area contributed by atoms with E-state index in [0.717, 1.165) is 19.3 Å². The first kappa shape index (κ1) is 18.6. The fraction of sp³-hybridized carbons (Fsp3) is 0.923. The van der Waals surface area contributed by atoms with Crippen LogP contribution in [0.25, 0.3) is 0 Å². The van der Waals surface area contributed by atoms with E-state index in [1.54, 1.807) is 0 Å². The maximum Gasteiger partial charge on any atom is 0.407 e. The van der Waals surface area contributed by atoms with Crippen molar-refractivity contribution in [2.24, 2.45) is 0 Å². The summed E-state index contributed by atoms with van der Waals surface area (Å²) in [7, 11) is 0. The Morgan fingerprint density at radius 2 is 1.88 bits per heavy atom. The first-order chi connectivity index (χ1) is 7.89. The summed E-state index contributed by atoms with van der Waals surface area (Å²) in [5.74, 6) is 0. The fourth-order valence-corrected chi connectivity index (χ4v) is 1.13. The molecule has 0 saturated carbocycles. The standard InChI is InChI=1S/C11H23NO3.C2H6/c1-5-6-7-9(8-13)12-10(14)15-11(2,3)4;1-2/h9,13H,5-8H2,1-4H3,(H,12,14);1-2H3. The van der Waals surface area contributed by atoms with Gasteiger partial charge in [-0.05, 0) is 27.2 Å². The molecule has 0 saturated heterocycles. The van der Waals surface area contributed by atoms with Gasteiger partial charge in [0.05, 0.1) is 12.6 Å². The smallest absolute Gasteiger partial charge is 0.407 e. The van der Waals surface area contributed by atoms with Gasteiger partial charge < -0.3 is 15.2 Å². The molecule has 1 unspecified atom stereocenters. The maximum absolute atomic E-state index is 11.3. The molecule has 104 valence electrons. The highest BCUT2D eigenvalue weighted by Crippen LogP contribution is 2.07. The highest BCUT2D eigenvalue weighted by molar-refractivity contribution is 5.68. The number of amides is 1. The molecule has 0 rings (SSSR count). The number of nitrogens with one attached hydrogen (secondary N) is 1. The van der Waals surface area contributed by atoms with E-state index in [9.17, 15) is 4.79 Å². The molecule has 17 heavy (non-hydrogen) atoms. The van der Waals surface area contributed by atoms with E-state index in [-0.39, 0.29) is 12.6 Å². The Morgan fingerprint density at radius 3 is 2.24 bits per heavy atom. The van der Waals surface area contributed by atoms with E-state index in [1.807, 2.05) is 34.6 Å². The molecule has 1 amide bonds. The van der Waals surface area contributed by atoms with Crippen molar-refractivity contribution >= 4 is 6.09 Å². The third-order valence-corrected chi connectivity index (χ3v) is 1.85. The fourth-order valence-electron chi connectivity index (χ4n) is 1.13. The van der Waals surface area contributed by atoms with Gasteiger partial charge in [-0.15, -0.1) is 0 Å². The van der Waals surface area contributed by atoms with Gasteiger partial charge in [-0.1, -0.05) is 33.6 Å². The van der Waals surface area contributed by atoms with Crippen LogP contribution in [0, 0.1) is 0 Å². The van der Waals surface area contributed by atoms with E-state index in [2.05, 4.69) is 12.2 Å². The van der Waals surface area contributed by atoms with E-state index in [0.29, 0.717) is 0 Å². The number of hydrogen-bond acceptors (Lipinski definition) is 3. The second kappa shape index (κ2) is 10.4. The number of rotatable bonds is 5. The number of ether oxygens (including phenoxy) is 1. The molecule has 0 bridgehead atoms. The Labute approximate surface area is 106 Å². The van der Waals surface area contributed by atoms with Crippen molar-refractivity contribution in [1.29, 1.82) is 0 Å². The van der Waals surface area contributed by atoms with Crippen LogP contribution in [0.4, 0.5) is 4.79 Å². The number of aliphatic hydroxyl groups excluding tert-OH is 1. The molecule has 0 radical (unpaired) electrons. The van der Waals surface area contributed by atoms with E-state index in [4.69, 9.17) is 9.84 Å². The largest absolute Gasteiger partial charge is 0.444 e. The molecule has 0 aromatic rings. The third kappa shape index (κ3) is 13.2. The Kier molecular flexibility index (Phi) is 11.4. The van der Waals surface area contributed by atoms with Crippen molar-refractivity contribution in [3.63, 3.8) is 0 Å². The number of alkyl carbamates (subject to hydrolysis) is 1. The summed E-state index contributed by atoms with van der Waals surface area (Å²) in [6.07, 6.45) is 2.36. The summed E-state index contributed by atoms with van der Waals surface area (Å²) in [5.41, 5.74) is -0.491. The van der Waals surface area contributed by atoms with Crippen LogP contribution in [0.5, 0.6) is 0 Å². The zero-order valence-electron chi connectivity index (χ0n) is 12.2. The van der Waals surface area contributed by atoms with Crippen molar-refractivity contribution in [3.05, 3.63) is 0 Å². The molecular weight excluding hydrogens is 218 g/mol. The minimum Gasteiger partial charge on any atom is -0.444 e. The van der Waals surface area contributed by atoms with Crippen LogP contribution in [0.1, 0.15) is 60.8 Å². The van der Waals surface area contributed by atoms with Gasteiger partial charge in [0.15, 0.2) is 0 Å². The van der Waals surface area contributed by atoms with Crippen LogP contribution >= 0.6 is 0 Å². The first-order valence-electron chi connectivity index (χ1n) is 6.49. The quantitative estimate of drug-likeness (QED) is 0.785. The summed E-state index contributed by atoms with van der Waals surface area (Å²) in [4.78, 5) is 11.3. The zero-order chi connectivity index (χ0) is 13.9. The molecule has 0 spiro atoms. The third-order valence-electron chi connectivity index (χ3n) is 1.85. The molecule has 0 fully saturated rings. The molecule has 2 N–H and O–H groups in total. The minimum atomic E-state index is -0.491. The second-order valence-corrected chi connectivity index (χ2v) is 4.67. The van der Waals surface area contributed by atoms with Gasteiger partial charge in [0, 0.05) is 0 Å². The summed E-state index contributed by atoms with van der Waals surface area (Å²) in [6, 6.07) is -0.195. The van der Waals surface area contributed by atoms with Crippen LogP contribution in [0.2, 0.25) is 0 Å². The number of hydrogen-bond donors (Lipinski definition) is 2. The normalized spacial score (nSPS) is 12.2. The van der Waals surface area contributed by atoms with E-state index < -0.39 is 11.7 Å². The highest BCUT2D eigenvalue weighted by atomic mass is 16.6. The Bertz CT molecular complexity index is 188. The summed E-state index contributed by atoms with van der Waals surface area (Å²) in [5, 5.41) is 11.7. The Hall–Kier alpha value is -0.770. The molecule has 0 heterocycles. The summed E-state index contributed by atoms with van der Waals surface area (Å²) < 4.78 is 5.09. The average Bonchev–Trinajstić information content (AvgIpc) is 2.24. The lowest BCUT2D eigenvalue weighted by molar-refractivity contribution is 0.0478. The van der Waals surface area contributed by atoms with Crippen LogP contribution in [-0.4, -0.2) is 29.4 Å². The number of carbonyl (C=O) groups is 1. The Morgan fingerprint density at radius 1 is 1.35 bits per heavy atom. The van der Waals surface area contributed by atoms with Gasteiger partial charge >= 0.3 is 6.09 Å². The van der Waals surface area contributed by atoms with Crippen molar-refractivity contribution in [1.82, 2.24) is 5.32 Å². The maximum atomic E-state index is 11.3. The molecule has 4 heteroatoms. The number of aliphatic hydroxyl groups is 1. The molecule has 0 aromatic carbocycles. The van der Waals surface area contributed by atoms with Gasteiger partial charge in [-0.2, -0.15) is 0 Å². The first-order valence-corrected chi connectivity index (χ1v) is 6.49. The average molecular weight is 247 g/mol. The molecule has 4 nitrogen and oxygen atoms in total. The predicted octanol–water partition coefficient (Wildman–Crippen LogP) is 3.09. The van der Waals surface area contributed by atoms with Crippen molar-refractivity contribution < 1.29 is 14.6 Å². The van der Waals surface area contributed by atoms with Crippen LogP contribution < -0.4 is 5.32 Å². The number of carbonyl (C=O) groups excluding carboxylic acids is 1. The van der Waals surface area contributed by atoms with Gasteiger partial charge in [-0.25, -0.2) is 4.79 Å². The van der Waals surface area contributed by atoms with Crippen LogP contribution in [-0.2, 0) is 4.74 Å². The van der Waals surface area contributed by atoms with Gasteiger partial charge in [-0.3, -0.25) is 0 Å². The summed E-state index contributed by atoms with van der Waals surface area (Å²) in [6.45, 7) is 11.5. The second-order valence-electron chi connectivity index (χ2n) is 4.67. The van der Waals surface area contributed by atoms with Crippen molar-refractivity contribution in [2.75, 3.05) is 6.61 Å². The zero-order valence-corrected chi connectivity index (χ0v) is 12.2. The van der Waals surface area contributed by atoms with Gasteiger partial charge in [0.25, 0.3) is 0 Å². The monoisotopic (exact) mass is 247 g/mol. The molecular formula is C13H29NO3. The van der Waals surface area contributed by atoms with Gasteiger partial charge in [0.2, 0.25) is 0 Å². The molecule has 0 aliphatic heterocycles. The van der Waals surface area contributed by atoms with Gasteiger partial charge in [0.1, 0.15) is 5.60 Å². The minimum absolute atomic E-state index is 0.0424. The lowest BCUT2D eigenvalue weighted by atomic mass is 10.1. The van der Waals surface area contributed by atoms with Crippen molar-refractivity contribution in [2.45, 2.75) is 72.4 Å². The lowest BCUT2D eigenvalue weighted by Gasteiger charge is -2.22. The summed E-state index contributed by atoms with van der Waals surface area (Å²) >= 11 is 0. The topological polar surface area (TPSA) is 58.6 Å². The predicted molar refractivity (Wildman–Crippen MR) is 71.1 cm³/mol. The molecule has 0 aliphatic carbocycles. The molecule has 0 aromatic heterocycles.